The van der Waals surface area contributed by atoms with Gasteiger partial charge < -0.3 is 4.74 Å². The van der Waals surface area contributed by atoms with Gasteiger partial charge in [0.2, 0.25) is 0 Å². The topological polar surface area (TPSA) is 44.1 Å². The molecule has 2 aromatic heterocycles. The highest BCUT2D eigenvalue weighted by atomic mass is 35.5. The van der Waals surface area contributed by atoms with Crippen molar-refractivity contribution in [2.24, 2.45) is 0 Å². The molecule has 0 amide bonds. The predicted octanol–water partition coefficient (Wildman–Crippen LogP) is 3.87. The van der Waals surface area contributed by atoms with Crippen LogP contribution in [0.15, 0.2) is 55.0 Å². The summed E-state index contributed by atoms with van der Waals surface area (Å²) in [6.07, 6.45) is 4.32. The van der Waals surface area contributed by atoms with E-state index in [1.807, 2.05) is 30.3 Å². The van der Waals surface area contributed by atoms with Crippen LogP contribution < -0.4 is 0 Å². The van der Waals surface area contributed by atoms with E-state index >= 15 is 0 Å². The highest BCUT2D eigenvalue weighted by molar-refractivity contribution is 6.35. The molecule has 0 spiro atoms. The van der Waals surface area contributed by atoms with Crippen LogP contribution in [0.5, 0.6) is 0 Å². The molecule has 0 saturated carbocycles. The van der Waals surface area contributed by atoms with Crippen LogP contribution in [0.3, 0.4) is 0 Å². The molecular formula is C15H11ClN2O2. The van der Waals surface area contributed by atoms with Crippen LogP contribution in [-0.2, 0) is 11.3 Å². The van der Waals surface area contributed by atoms with Crippen LogP contribution in [-0.4, -0.2) is 15.6 Å². The van der Waals surface area contributed by atoms with E-state index in [2.05, 4.69) is 4.98 Å². The molecular weight excluding hydrogens is 276 g/mol. The maximum Gasteiger partial charge on any atom is 0.418 e. The van der Waals surface area contributed by atoms with E-state index in [1.165, 1.54) is 4.57 Å². The molecule has 2 heterocycles. The van der Waals surface area contributed by atoms with Crippen molar-refractivity contribution in [3.05, 3.63) is 65.6 Å². The lowest BCUT2D eigenvalue weighted by Crippen LogP contribution is -2.12. The second-order valence-electron chi connectivity index (χ2n) is 4.28. The number of rotatable bonds is 2. The minimum atomic E-state index is -0.461. The lowest BCUT2D eigenvalue weighted by Gasteiger charge is -2.06. The van der Waals surface area contributed by atoms with Crippen LogP contribution >= 0.6 is 11.6 Å². The van der Waals surface area contributed by atoms with Crippen molar-refractivity contribution in [2.45, 2.75) is 6.61 Å². The van der Waals surface area contributed by atoms with Crippen molar-refractivity contribution >= 4 is 28.6 Å². The highest BCUT2D eigenvalue weighted by Gasteiger charge is 2.13. The molecule has 0 radical (unpaired) electrons. The summed E-state index contributed by atoms with van der Waals surface area (Å²) in [6.45, 7) is 0.224. The van der Waals surface area contributed by atoms with E-state index in [0.717, 1.165) is 10.9 Å². The van der Waals surface area contributed by atoms with Crippen molar-refractivity contribution in [1.82, 2.24) is 9.55 Å². The zero-order valence-corrected chi connectivity index (χ0v) is 11.2. The first-order chi connectivity index (χ1) is 9.75. The molecule has 0 fully saturated rings. The molecule has 5 heteroatoms. The van der Waals surface area contributed by atoms with Gasteiger partial charge in [-0.3, -0.25) is 9.55 Å². The van der Waals surface area contributed by atoms with Crippen molar-refractivity contribution in [1.29, 1.82) is 0 Å². The summed E-state index contributed by atoms with van der Waals surface area (Å²) < 4.78 is 6.67. The molecule has 100 valence electrons. The van der Waals surface area contributed by atoms with Gasteiger partial charge in [0.1, 0.15) is 6.61 Å². The fourth-order valence-electron chi connectivity index (χ4n) is 1.97. The zero-order chi connectivity index (χ0) is 13.9. The van der Waals surface area contributed by atoms with Crippen LogP contribution in [0.4, 0.5) is 4.79 Å². The maximum atomic E-state index is 12.1. The summed E-state index contributed by atoms with van der Waals surface area (Å²) in [5.41, 5.74) is 1.62. The fourth-order valence-corrected chi connectivity index (χ4v) is 2.22. The quantitative estimate of drug-likeness (QED) is 0.718. The molecule has 20 heavy (non-hydrogen) atoms. The first kappa shape index (κ1) is 12.7. The normalized spacial score (nSPS) is 10.7. The van der Waals surface area contributed by atoms with Gasteiger partial charge >= 0.3 is 6.09 Å². The van der Waals surface area contributed by atoms with Crippen molar-refractivity contribution in [2.75, 3.05) is 0 Å². The van der Waals surface area contributed by atoms with Gasteiger partial charge in [0, 0.05) is 24.0 Å². The number of hydrogen-bond acceptors (Lipinski definition) is 3. The monoisotopic (exact) mass is 286 g/mol. The molecule has 3 aromatic rings. The third-order valence-electron chi connectivity index (χ3n) is 2.96. The number of aromatic nitrogens is 2. The molecule has 0 saturated heterocycles. The number of pyridine rings is 1. The second kappa shape index (κ2) is 5.35. The maximum absolute atomic E-state index is 12.1. The number of ether oxygens (including phenoxy) is 1. The number of nitrogens with zero attached hydrogens (tertiary/aromatic N) is 2. The average molecular weight is 287 g/mol. The summed E-state index contributed by atoms with van der Waals surface area (Å²) in [7, 11) is 0. The summed E-state index contributed by atoms with van der Waals surface area (Å²) in [6, 6.07) is 11.2. The Morgan fingerprint density at radius 1 is 1.25 bits per heavy atom. The van der Waals surface area contributed by atoms with Gasteiger partial charge in [-0.15, -0.1) is 0 Å². The number of carbonyl (C=O) groups is 1. The van der Waals surface area contributed by atoms with Gasteiger partial charge in [0.05, 0.1) is 10.5 Å². The van der Waals surface area contributed by atoms with E-state index in [1.54, 1.807) is 24.7 Å². The Labute approximate surface area is 120 Å². The Balaban J connectivity index is 1.83. The standard InChI is InChI=1S/C15H11ClN2O2/c16-13-9-18(14-6-7-17-8-12(13)14)15(19)20-10-11-4-2-1-3-5-11/h1-9H,10H2. The predicted molar refractivity (Wildman–Crippen MR) is 76.8 cm³/mol. The third kappa shape index (κ3) is 2.38. The number of carbonyl (C=O) groups excluding carboxylic acids is 1. The van der Waals surface area contributed by atoms with Crippen LogP contribution in [0.1, 0.15) is 5.56 Å². The van der Waals surface area contributed by atoms with Gasteiger partial charge in [-0.1, -0.05) is 41.9 Å². The Bertz CT molecular complexity index is 753. The minimum Gasteiger partial charge on any atom is -0.444 e. The van der Waals surface area contributed by atoms with E-state index in [0.29, 0.717) is 10.5 Å². The molecule has 1 aromatic carbocycles. The second-order valence-corrected chi connectivity index (χ2v) is 4.69. The van der Waals surface area contributed by atoms with Crippen LogP contribution in [0, 0.1) is 0 Å². The number of halogens is 1. The van der Waals surface area contributed by atoms with Crippen molar-refractivity contribution in [3.8, 4) is 0 Å². The van der Waals surface area contributed by atoms with E-state index < -0.39 is 6.09 Å². The molecule has 0 unspecified atom stereocenters. The summed E-state index contributed by atoms with van der Waals surface area (Å²) >= 11 is 6.07. The smallest absolute Gasteiger partial charge is 0.418 e. The van der Waals surface area contributed by atoms with Gasteiger partial charge in [0.15, 0.2) is 0 Å². The number of benzene rings is 1. The summed E-state index contributed by atoms with van der Waals surface area (Å²) in [4.78, 5) is 16.1. The fraction of sp³-hybridized carbons (Fsp3) is 0.0667. The van der Waals surface area contributed by atoms with Crippen molar-refractivity contribution < 1.29 is 9.53 Å². The highest BCUT2D eigenvalue weighted by Crippen LogP contribution is 2.24. The van der Waals surface area contributed by atoms with E-state index in [9.17, 15) is 4.79 Å². The minimum absolute atomic E-state index is 0.224. The molecule has 3 rings (SSSR count). The Kier molecular flexibility index (Phi) is 3.39. The Morgan fingerprint density at radius 2 is 2.05 bits per heavy atom. The third-order valence-corrected chi connectivity index (χ3v) is 3.26. The van der Waals surface area contributed by atoms with E-state index in [4.69, 9.17) is 16.3 Å². The summed E-state index contributed by atoms with van der Waals surface area (Å²) in [5.74, 6) is 0. The van der Waals surface area contributed by atoms with Gasteiger partial charge in [-0.05, 0) is 11.6 Å². The molecule has 4 nitrogen and oxygen atoms in total. The van der Waals surface area contributed by atoms with Gasteiger partial charge in [0.25, 0.3) is 0 Å². The average Bonchev–Trinajstić information content (AvgIpc) is 2.84. The van der Waals surface area contributed by atoms with Crippen molar-refractivity contribution in [3.63, 3.8) is 0 Å². The Hall–Kier alpha value is -2.33. The summed E-state index contributed by atoms with van der Waals surface area (Å²) in [5, 5.41) is 1.20. The SMILES string of the molecule is O=C(OCc1ccccc1)n1cc(Cl)c2cnccc21. The molecule has 0 aliphatic carbocycles. The number of fused-ring (bicyclic) bond motifs is 1. The molecule has 0 aliphatic rings. The molecule has 0 bridgehead atoms. The Morgan fingerprint density at radius 3 is 2.85 bits per heavy atom. The lowest BCUT2D eigenvalue weighted by atomic mass is 10.2. The molecule has 0 aliphatic heterocycles. The first-order valence-electron chi connectivity index (χ1n) is 6.07. The molecule has 0 N–H and O–H groups in total. The van der Waals surface area contributed by atoms with Gasteiger partial charge in [-0.25, -0.2) is 4.79 Å². The number of hydrogen-bond donors (Lipinski definition) is 0. The first-order valence-corrected chi connectivity index (χ1v) is 6.45. The van der Waals surface area contributed by atoms with Gasteiger partial charge in [-0.2, -0.15) is 0 Å². The van der Waals surface area contributed by atoms with E-state index in [-0.39, 0.29) is 6.61 Å². The molecule has 0 atom stereocenters. The van der Waals surface area contributed by atoms with Crippen LogP contribution in [0.2, 0.25) is 5.02 Å². The largest absolute Gasteiger partial charge is 0.444 e. The lowest BCUT2D eigenvalue weighted by molar-refractivity contribution is 0.142. The zero-order valence-electron chi connectivity index (χ0n) is 10.5. The van der Waals surface area contributed by atoms with Crippen LogP contribution in [0.25, 0.3) is 10.9 Å².